The third kappa shape index (κ3) is 2.36. The number of nitrogens with one attached hydrogen (secondary N) is 1. The van der Waals surface area contributed by atoms with Crippen molar-refractivity contribution in [3.05, 3.63) is 0 Å². The molecule has 1 saturated heterocycles. The van der Waals surface area contributed by atoms with Gasteiger partial charge >= 0.3 is 0 Å². The quantitative estimate of drug-likeness (QED) is 0.641. The van der Waals surface area contributed by atoms with Crippen molar-refractivity contribution in [2.45, 2.75) is 24.6 Å². The minimum atomic E-state index is -2.57. The van der Waals surface area contributed by atoms with Crippen LogP contribution in [0.5, 0.6) is 0 Å². The van der Waals surface area contributed by atoms with E-state index in [9.17, 15) is 8.78 Å². The topological polar surface area (TPSA) is 30.5 Å². The molecule has 2 fully saturated rings. The molecule has 1 atom stereocenters. The fraction of sp³-hybridized carbons (Fsp3) is 1.00. The van der Waals surface area contributed by atoms with E-state index in [-0.39, 0.29) is 19.1 Å². The molecule has 3 nitrogen and oxygen atoms in total. The molecule has 1 aliphatic heterocycles. The molecule has 0 aromatic heterocycles. The van der Waals surface area contributed by atoms with Crippen molar-refractivity contribution in [1.29, 1.82) is 0 Å². The van der Waals surface area contributed by atoms with E-state index < -0.39 is 12.0 Å². The molecule has 0 bridgehead atoms. The summed E-state index contributed by atoms with van der Waals surface area (Å²) in [6, 6.07) is 0. The second kappa shape index (κ2) is 3.48. The molecular formula is C8H13F2NO2. The van der Waals surface area contributed by atoms with E-state index in [1.165, 1.54) is 0 Å². The van der Waals surface area contributed by atoms with Crippen LogP contribution in [0.3, 0.4) is 0 Å². The maximum atomic E-state index is 12.3. The molecule has 1 saturated carbocycles. The molecule has 76 valence electrons. The molecule has 1 aliphatic carbocycles. The lowest BCUT2D eigenvalue weighted by Crippen LogP contribution is -2.48. The maximum Gasteiger partial charge on any atom is 0.276 e. The molecule has 1 unspecified atom stereocenters. The van der Waals surface area contributed by atoms with Crippen molar-refractivity contribution in [3.63, 3.8) is 0 Å². The lowest BCUT2D eigenvalue weighted by Gasteiger charge is -2.26. The van der Waals surface area contributed by atoms with Gasteiger partial charge in [-0.2, -0.15) is 0 Å². The smallest absolute Gasteiger partial charge is 0.276 e. The zero-order valence-electron chi connectivity index (χ0n) is 7.26. The zero-order valence-corrected chi connectivity index (χ0v) is 7.26. The fourth-order valence-electron chi connectivity index (χ4n) is 1.15. The maximum absolute atomic E-state index is 12.3. The van der Waals surface area contributed by atoms with Gasteiger partial charge in [-0.05, 0) is 0 Å². The number of hydrogen-bond acceptors (Lipinski definition) is 3. The Kier molecular flexibility index (Phi) is 2.49. The standard InChI is InChI=1S/C8H13F2NO2/c9-8(10)3-7(8)13-2-1-12-6-4-11-5-6/h6-7,11H,1-5H2. The molecule has 2 rings (SSSR count). The minimum Gasteiger partial charge on any atom is -0.373 e. The van der Waals surface area contributed by atoms with Crippen LogP contribution in [-0.2, 0) is 9.47 Å². The van der Waals surface area contributed by atoms with Crippen LogP contribution in [0.1, 0.15) is 6.42 Å². The number of alkyl halides is 2. The van der Waals surface area contributed by atoms with E-state index in [0.29, 0.717) is 6.61 Å². The van der Waals surface area contributed by atoms with Gasteiger partial charge in [-0.25, -0.2) is 8.78 Å². The second-order valence-corrected chi connectivity index (χ2v) is 3.48. The molecule has 0 spiro atoms. The van der Waals surface area contributed by atoms with Gasteiger partial charge in [0, 0.05) is 19.5 Å². The molecule has 2 aliphatic rings. The van der Waals surface area contributed by atoms with Gasteiger partial charge in [-0.1, -0.05) is 0 Å². The van der Waals surface area contributed by atoms with E-state index in [4.69, 9.17) is 9.47 Å². The van der Waals surface area contributed by atoms with E-state index in [0.717, 1.165) is 13.1 Å². The summed E-state index contributed by atoms with van der Waals surface area (Å²) in [6.45, 7) is 2.41. The Morgan fingerprint density at radius 1 is 1.23 bits per heavy atom. The van der Waals surface area contributed by atoms with Gasteiger partial charge in [0.2, 0.25) is 0 Å². The molecular weight excluding hydrogens is 180 g/mol. The van der Waals surface area contributed by atoms with Gasteiger partial charge in [0.05, 0.1) is 19.3 Å². The Hall–Kier alpha value is -0.260. The Morgan fingerprint density at radius 3 is 2.31 bits per heavy atom. The Morgan fingerprint density at radius 2 is 1.85 bits per heavy atom. The highest BCUT2D eigenvalue weighted by atomic mass is 19.3. The number of ether oxygens (including phenoxy) is 2. The molecule has 13 heavy (non-hydrogen) atoms. The average molecular weight is 193 g/mol. The summed E-state index contributed by atoms with van der Waals surface area (Å²) in [6.07, 6.45) is -0.725. The van der Waals surface area contributed by atoms with Gasteiger partial charge < -0.3 is 14.8 Å². The Balaban J connectivity index is 1.45. The first-order valence-electron chi connectivity index (χ1n) is 4.50. The highest BCUT2D eigenvalue weighted by Gasteiger charge is 2.58. The summed E-state index contributed by atoms with van der Waals surface area (Å²) in [5.41, 5.74) is 0. The predicted octanol–water partition coefficient (Wildman–Crippen LogP) is 0.399. The van der Waals surface area contributed by atoms with E-state index in [1.54, 1.807) is 0 Å². The van der Waals surface area contributed by atoms with E-state index in [1.807, 2.05) is 0 Å². The number of hydrogen-bond donors (Lipinski definition) is 1. The zero-order chi connectivity index (χ0) is 9.31. The van der Waals surface area contributed by atoms with Crippen LogP contribution in [0.25, 0.3) is 0 Å². The monoisotopic (exact) mass is 193 g/mol. The SMILES string of the molecule is FC1(F)CC1OCCOC1CNC1. The van der Waals surface area contributed by atoms with Crippen LogP contribution in [0.4, 0.5) is 8.78 Å². The van der Waals surface area contributed by atoms with Gasteiger partial charge in [0.15, 0.2) is 0 Å². The minimum absolute atomic E-state index is 0.127. The molecule has 0 amide bonds. The predicted molar refractivity (Wildman–Crippen MR) is 41.9 cm³/mol. The summed E-state index contributed by atoms with van der Waals surface area (Å²) < 4.78 is 34.8. The van der Waals surface area contributed by atoms with Crippen LogP contribution < -0.4 is 5.32 Å². The van der Waals surface area contributed by atoms with Crippen molar-refractivity contribution in [2.24, 2.45) is 0 Å². The molecule has 0 aromatic rings. The van der Waals surface area contributed by atoms with Crippen molar-refractivity contribution >= 4 is 0 Å². The summed E-state index contributed by atoms with van der Waals surface area (Å²) >= 11 is 0. The first-order chi connectivity index (χ1) is 6.18. The third-order valence-electron chi connectivity index (χ3n) is 2.27. The molecule has 0 radical (unpaired) electrons. The molecule has 1 heterocycles. The highest BCUT2D eigenvalue weighted by molar-refractivity contribution is 4.96. The lowest BCUT2D eigenvalue weighted by molar-refractivity contribution is -0.0407. The van der Waals surface area contributed by atoms with Gasteiger partial charge in [0.1, 0.15) is 6.10 Å². The number of rotatable bonds is 5. The van der Waals surface area contributed by atoms with Crippen LogP contribution in [0.15, 0.2) is 0 Å². The largest absolute Gasteiger partial charge is 0.373 e. The summed E-state index contributed by atoms with van der Waals surface area (Å²) in [4.78, 5) is 0. The van der Waals surface area contributed by atoms with Crippen molar-refractivity contribution in [3.8, 4) is 0 Å². The first kappa shape index (κ1) is 9.30. The van der Waals surface area contributed by atoms with Crippen molar-refractivity contribution in [1.82, 2.24) is 5.32 Å². The van der Waals surface area contributed by atoms with Gasteiger partial charge in [0.25, 0.3) is 5.92 Å². The van der Waals surface area contributed by atoms with Crippen LogP contribution in [0, 0.1) is 0 Å². The van der Waals surface area contributed by atoms with Crippen LogP contribution in [-0.4, -0.2) is 44.4 Å². The average Bonchev–Trinajstić information content (AvgIpc) is 2.55. The normalized spacial score (nSPS) is 31.4. The van der Waals surface area contributed by atoms with E-state index >= 15 is 0 Å². The summed E-state index contributed by atoms with van der Waals surface area (Å²) in [5, 5.41) is 3.05. The second-order valence-electron chi connectivity index (χ2n) is 3.48. The fourth-order valence-corrected chi connectivity index (χ4v) is 1.15. The van der Waals surface area contributed by atoms with Crippen LogP contribution in [0.2, 0.25) is 0 Å². The van der Waals surface area contributed by atoms with Crippen molar-refractivity contribution in [2.75, 3.05) is 26.3 Å². The molecule has 1 N–H and O–H groups in total. The van der Waals surface area contributed by atoms with Crippen LogP contribution >= 0.6 is 0 Å². The van der Waals surface area contributed by atoms with E-state index in [2.05, 4.69) is 5.32 Å². The number of halogens is 2. The molecule has 0 aromatic carbocycles. The lowest BCUT2D eigenvalue weighted by atomic mass is 10.2. The Bertz CT molecular complexity index is 185. The highest BCUT2D eigenvalue weighted by Crippen LogP contribution is 2.44. The summed E-state index contributed by atoms with van der Waals surface area (Å²) in [5.74, 6) is -2.57. The molecule has 5 heteroatoms. The van der Waals surface area contributed by atoms with Crippen molar-refractivity contribution < 1.29 is 18.3 Å². The van der Waals surface area contributed by atoms with Gasteiger partial charge in [-0.3, -0.25) is 0 Å². The third-order valence-corrected chi connectivity index (χ3v) is 2.27. The van der Waals surface area contributed by atoms with Gasteiger partial charge in [-0.15, -0.1) is 0 Å². The Labute approximate surface area is 75.4 Å². The first-order valence-corrected chi connectivity index (χ1v) is 4.50. The summed E-state index contributed by atoms with van der Waals surface area (Å²) in [7, 11) is 0.